The van der Waals surface area contributed by atoms with E-state index in [4.69, 9.17) is 15.5 Å². The standard InChI is InChI=1S/C11H19N3O9P2/c12-5-8(15)9-1-2-10(9,23-22-9)24(17,18)11(16,25(19,20)21)6-14-4-3-13-7-14/h3-4,7,16-21H,1-2,5-6,12H2/q+2/t9?,10-,11?/m0/s1. The second-order valence-corrected chi connectivity index (χ2v) is 11.0. The number of imidazole rings is 1. The summed E-state index contributed by atoms with van der Waals surface area (Å²) in [5.41, 5.74) is 3.51. The highest BCUT2D eigenvalue weighted by atomic mass is 31.3. The van der Waals surface area contributed by atoms with Crippen molar-refractivity contribution in [3.8, 4) is 0 Å². The SMILES string of the molecule is NCC(=O)C12CC[C@@]1([P+](O)(O)C(O)(Cn1ccnc1)[P+](O)(O)O)OO2. The molecule has 1 aromatic rings. The summed E-state index contributed by atoms with van der Waals surface area (Å²) in [7, 11) is -10.2. The molecule has 1 aliphatic heterocycles. The average Bonchev–Trinajstić information content (AvgIpc) is 3.01. The quantitative estimate of drug-likeness (QED) is 0.194. The summed E-state index contributed by atoms with van der Waals surface area (Å²) in [6.07, 6.45) is 3.69. The average molecular weight is 399 g/mol. The van der Waals surface area contributed by atoms with Crippen LogP contribution in [0.4, 0.5) is 0 Å². The van der Waals surface area contributed by atoms with E-state index in [0.717, 1.165) is 10.9 Å². The Labute approximate surface area is 142 Å². The molecule has 1 aliphatic carbocycles. The van der Waals surface area contributed by atoms with Crippen molar-refractivity contribution >= 4 is 21.4 Å². The Morgan fingerprint density at radius 3 is 2.32 bits per heavy atom. The summed E-state index contributed by atoms with van der Waals surface area (Å²) >= 11 is 0. The first-order chi connectivity index (χ1) is 11.5. The highest BCUT2D eigenvalue weighted by Crippen LogP contribution is 2.89. The van der Waals surface area contributed by atoms with Crippen LogP contribution >= 0.6 is 15.7 Å². The summed E-state index contributed by atoms with van der Waals surface area (Å²) in [5.74, 6) is -0.694. The van der Waals surface area contributed by atoms with Crippen LogP contribution in [0.2, 0.25) is 0 Å². The summed E-state index contributed by atoms with van der Waals surface area (Å²) in [4.78, 5) is 76.4. The number of nitrogens with zero attached hydrogens (tertiary/aromatic N) is 2. The number of fused-ring (bicyclic) bond motifs is 1. The van der Waals surface area contributed by atoms with E-state index in [1.165, 1.54) is 12.4 Å². The third kappa shape index (κ3) is 2.22. The monoisotopic (exact) mass is 399 g/mol. The fraction of sp³-hybridized carbons (Fsp3) is 0.636. The van der Waals surface area contributed by atoms with Gasteiger partial charge in [0, 0.05) is 25.2 Å². The van der Waals surface area contributed by atoms with E-state index < -0.39 is 50.6 Å². The van der Waals surface area contributed by atoms with E-state index in [9.17, 15) is 34.4 Å². The van der Waals surface area contributed by atoms with Gasteiger partial charge < -0.3 is 15.4 Å². The van der Waals surface area contributed by atoms with Crippen LogP contribution < -0.4 is 5.73 Å². The van der Waals surface area contributed by atoms with Crippen LogP contribution in [0.5, 0.6) is 0 Å². The maximum Gasteiger partial charge on any atom is 0.488 e. The maximum atomic E-state index is 12.1. The normalized spacial score (nSPS) is 31.5. The number of nitrogens with two attached hydrogens (primary N) is 1. The number of rotatable bonds is 7. The van der Waals surface area contributed by atoms with Gasteiger partial charge in [0.05, 0.1) is 12.9 Å². The Balaban J connectivity index is 2.05. The second kappa shape index (κ2) is 5.69. The smallest absolute Gasteiger partial charge is 0.326 e. The molecule has 2 unspecified atom stereocenters. The lowest BCUT2D eigenvalue weighted by atomic mass is 9.71. The van der Waals surface area contributed by atoms with Gasteiger partial charge in [0.2, 0.25) is 5.60 Å². The van der Waals surface area contributed by atoms with Gasteiger partial charge in [-0.25, -0.2) is 19.7 Å². The number of aliphatic hydroxyl groups is 1. The molecule has 12 nitrogen and oxygen atoms in total. The minimum absolute atomic E-state index is 0.0424. The maximum absolute atomic E-state index is 12.1. The van der Waals surface area contributed by atoms with E-state index in [1.807, 2.05) is 0 Å². The van der Waals surface area contributed by atoms with E-state index in [-0.39, 0.29) is 12.8 Å². The molecule has 0 spiro atoms. The minimum Gasteiger partial charge on any atom is -0.326 e. The van der Waals surface area contributed by atoms with Crippen molar-refractivity contribution in [1.82, 2.24) is 9.55 Å². The van der Waals surface area contributed by atoms with Gasteiger partial charge in [-0.3, -0.25) is 4.79 Å². The largest absolute Gasteiger partial charge is 0.488 e. The molecule has 1 saturated heterocycles. The molecule has 1 saturated carbocycles. The number of hydrogen-bond donors (Lipinski definition) is 7. The van der Waals surface area contributed by atoms with Crippen molar-refractivity contribution in [2.75, 3.05) is 6.54 Å². The van der Waals surface area contributed by atoms with Gasteiger partial charge in [0.25, 0.3) is 0 Å². The van der Waals surface area contributed by atoms with Crippen LogP contribution in [0.25, 0.3) is 0 Å². The summed E-state index contributed by atoms with van der Waals surface area (Å²) in [6.45, 7) is -1.30. The molecule has 0 amide bonds. The fourth-order valence-corrected chi connectivity index (χ4v) is 7.83. The van der Waals surface area contributed by atoms with Crippen molar-refractivity contribution < 1.29 is 44.1 Å². The Kier molecular flexibility index (Phi) is 4.36. The fourth-order valence-electron chi connectivity index (χ4n) is 3.21. The zero-order valence-electron chi connectivity index (χ0n) is 12.8. The topological polar surface area (TPSA) is 201 Å². The molecule has 2 fully saturated rings. The third-order valence-electron chi connectivity index (χ3n) is 4.84. The molecule has 14 heteroatoms. The first-order valence-corrected chi connectivity index (χ1v) is 10.5. The molecule has 25 heavy (non-hydrogen) atoms. The molecule has 2 heterocycles. The molecule has 3 rings (SSSR count). The van der Waals surface area contributed by atoms with Crippen molar-refractivity contribution in [1.29, 1.82) is 0 Å². The minimum atomic E-state index is -5.26. The van der Waals surface area contributed by atoms with Crippen molar-refractivity contribution in [2.45, 2.75) is 35.4 Å². The zero-order chi connectivity index (χ0) is 18.7. The highest BCUT2D eigenvalue weighted by Gasteiger charge is 2.97. The van der Waals surface area contributed by atoms with E-state index >= 15 is 0 Å². The molecule has 3 atom stereocenters. The third-order valence-corrected chi connectivity index (χ3v) is 10.4. The lowest BCUT2D eigenvalue weighted by Crippen LogP contribution is -2.80. The van der Waals surface area contributed by atoms with Crippen LogP contribution in [0.3, 0.4) is 0 Å². The summed E-state index contributed by atoms with van der Waals surface area (Å²) in [5, 5.41) is 5.50. The second-order valence-electron chi connectivity index (χ2n) is 6.08. The van der Waals surface area contributed by atoms with Crippen LogP contribution in [-0.2, 0) is 21.1 Å². The number of Topliss-reactive ketones (excluding diaryl/α,β-unsaturated/α-hetero) is 1. The molecule has 0 aromatic carbocycles. The van der Waals surface area contributed by atoms with Gasteiger partial charge in [0.15, 0.2) is 5.78 Å². The van der Waals surface area contributed by atoms with Gasteiger partial charge >= 0.3 is 26.1 Å². The van der Waals surface area contributed by atoms with Crippen LogP contribution in [0.1, 0.15) is 12.8 Å². The summed E-state index contributed by atoms with van der Waals surface area (Å²) < 4.78 is 1.11. The van der Waals surface area contributed by atoms with Gasteiger partial charge in [0.1, 0.15) is 6.54 Å². The van der Waals surface area contributed by atoms with Crippen molar-refractivity contribution in [3.05, 3.63) is 18.7 Å². The lowest BCUT2D eigenvalue weighted by molar-refractivity contribution is -0.546. The molecular formula is C11H19N3O9P2+2. The molecule has 140 valence electrons. The highest BCUT2D eigenvalue weighted by molar-refractivity contribution is 7.82. The van der Waals surface area contributed by atoms with Crippen LogP contribution in [0.15, 0.2) is 18.7 Å². The Hall–Kier alpha value is -0.620. The Morgan fingerprint density at radius 1 is 1.28 bits per heavy atom. The van der Waals surface area contributed by atoms with Gasteiger partial charge in [-0.2, -0.15) is 19.6 Å². The zero-order valence-corrected chi connectivity index (χ0v) is 14.6. The summed E-state index contributed by atoms with van der Waals surface area (Å²) in [6, 6.07) is 0. The number of hydrogen-bond acceptors (Lipinski definition) is 11. The van der Waals surface area contributed by atoms with Crippen LogP contribution in [-0.4, -0.2) is 67.5 Å². The molecule has 0 bridgehead atoms. The van der Waals surface area contributed by atoms with Crippen LogP contribution in [0, 0.1) is 0 Å². The number of carbonyl (C=O) groups is 1. The molecule has 0 radical (unpaired) electrons. The van der Waals surface area contributed by atoms with E-state index in [2.05, 4.69) is 4.98 Å². The van der Waals surface area contributed by atoms with Crippen molar-refractivity contribution in [3.63, 3.8) is 0 Å². The predicted molar refractivity (Wildman–Crippen MR) is 83.0 cm³/mol. The molecule has 1 aromatic heterocycles. The van der Waals surface area contributed by atoms with E-state index in [0.29, 0.717) is 0 Å². The van der Waals surface area contributed by atoms with E-state index in [1.54, 1.807) is 0 Å². The Bertz CT molecular complexity index is 669. The van der Waals surface area contributed by atoms with Gasteiger partial charge in [-0.1, -0.05) is 0 Å². The van der Waals surface area contributed by atoms with Gasteiger partial charge in [-0.15, -0.1) is 0 Å². The predicted octanol–water partition coefficient (Wildman–Crippen LogP) is -2.18. The first-order valence-electron chi connectivity index (χ1n) is 7.18. The number of carbonyl (C=O) groups excluding carboxylic acids is 1. The molecule has 8 N–H and O–H groups in total. The lowest BCUT2D eigenvalue weighted by Gasteiger charge is -2.61. The Morgan fingerprint density at radius 2 is 1.96 bits per heavy atom. The molecule has 2 aliphatic rings. The number of ketones is 1. The first kappa shape index (κ1) is 19.2. The van der Waals surface area contributed by atoms with Gasteiger partial charge in [-0.05, 0) is 0 Å². The number of aromatic nitrogens is 2. The van der Waals surface area contributed by atoms with Crippen molar-refractivity contribution in [2.24, 2.45) is 5.73 Å². The molecular weight excluding hydrogens is 380 g/mol.